The molecule has 21 heteroatoms. The molecule has 0 bridgehead atoms. The average Bonchev–Trinajstić information content (AvgIpc) is 4.01. The number of nitrogens with zero attached hydrogens (tertiary/aromatic N) is 6. The zero-order chi connectivity index (χ0) is 47.6. The highest BCUT2D eigenvalue weighted by Crippen LogP contribution is 2.47. The first-order chi connectivity index (χ1) is 32.3. The number of benzene rings is 4. The van der Waals surface area contributed by atoms with E-state index in [0.717, 1.165) is 51.9 Å². The Labute approximate surface area is 401 Å². The van der Waals surface area contributed by atoms with Crippen LogP contribution in [0.4, 0.5) is 31.5 Å². The highest BCUT2D eigenvalue weighted by Gasteiger charge is 2.26. The van der Waals surface area contributed by atoms with Crippen LogP contribution in [0.15, 0.2) is 69.9 Å². The van der Waals surface area contributed by atoms with Gasteiger partial charge in [-0.15, -0.1) is 0 Å². The number of phenolic OH excluding ortho intramolecular Hbond substituents is 2. The van der Waals surface area contributed by atoms with Crippen molar-refractivity contribution < 1.29 is 52.6 Å². The van der Waals surface area contributed by atoms with Crippen molar-refractivity contribution >= 4 is 82.4 Å². The highest BCUT2D eigenvalue weighted by molar-refractivity contribution is 9.10. The summed E-state index contributed by atoms with van der Waals surface area (Å²) in [7, 11) is 2.94. The van der Waals surface area contributed by atoms with Gasteiger partial charge in [-0.25, -0.2) is 9.97 Å². The van der Waals surface area contributed by atoms with Crippen LogP contribution in [0.2, 0.25) is 0 Å². The molecule has 0 radical (unpaired) electrons. The number of anilines is 4. The number of hydrogen-bond donors (Lipinski definition) is 5. The number of likely N-dealkylation sites (tertiary alicyclic amines) is 2. The van der Waals surface area contributed by atoms with Crippen molar-refractivity contribution in [1.29, 1.82) is 0 Å². The van der Waals surface area contributed by atoms with Crippen LogP contribution in [0.25, 0.3) is 21.8 Å². The number of rotatable bonds is 17. The van der Waals surface area contributed by atoms with Crippen molar-refractivity contribution in [3.63, 3.8) is 0 Å². The summed E-state index contributed by atoms with van der Waals surface area (Å²) in [6.45, 7) is 6.32. The van der Waals surface area contributed by atoms with Crippen molar-refractivity contribution in [2.75, 3.05) is 77.3 Å². The summed E-state index contributed by atoms with van der Waals surface area (Å²) in [5.74, 6) is 0.779. The summed E-state index contributed by atoms with van der Waals surface area (Å²) in [5, 5.41) is 38.1. The number of ether oxygens (including phenoxy) is 5. The predicted octanol–water partition coefficient (Wildman–Crippen LogP) is 8.22. The molecule has 4 aromatic carbocycles. The number of carbonyl (C=O) groups is 1. The van der Waals surface area contributed by atoms with Crippen molar-refractivity contribution in [3.05, 3.63) is 82.0 Å². The Morgan fingerprint density at radius 2 is 1.13 bits per heavy atom. The molecule has 2 aliphatic rings. The SMILES string of the molecule is COc1c(OCC(CN2CCCC2)OC(C)=O)cc2nc(F)nc(Br)c2c1Nc1ccccc1O.COc1c(OCC(O)CN2CCCC2)cc2nc(F)nc(Br)c2c1Nc1ccccc1O. The standard InChI is InChI=1S/C24H26BrFN4O5.C22H24BrFN4O4/c1-14(31)35-15(12-30-9-5-6-10-30)13-34-19-11-17-20(23(25)29-24(26)28-17)21(22(19)33-2)27-16-7-3-4-8-18(16)32;1-31-20-17(32-12-13(29)11-28-8-4-5-9-28)10-15-18(21(23)27-22(24)26-15)19(20)25-14-6-2-3-7-16(14)30/h3-4,7-8,11,15,27,32H,5-6,9-10,12-13H2,1-2H3;2-3,6-7,10,13,25,29-30H,4-5,8-9,11-12H2,1H3. The van der Waals surface area contributed by atoms with Gasteiger partial charge in [0.15, 0.2) is 23.0 Å². The molecule has 2 unspecified atom stereocenters. The number of halogens is 4. The van der Waals surface area contributed by atoms with Gasteiger partial charge in [-0.2, -0.15) is 18.7 Å². The molecule has 5 N–H and O–H groups in total. The Bertz CT molecular complexity index is 2700. The second-order valence-corrected chi connectivity index (χ2v) is 17.2. The highest BCUT2D eigenvalue weighted by atomic mass is 79.9. The smallest absolute Gasteiger partial charge is 0.310 e. The largest absolute Gasteiger partial charge is 0.506 e. The first-order valence-electron chi connectivity index (χ1n) is 21.4. The molecule has 0 amide bonds. The number of β-amino-alcohol motifs (C(OH)–C–C–N with tert-alkyl or cyclic N) is 1. The first kappa shape index (κ1) is 49.0. The molecule has 2 aliphatic heterocycles. The van der Waals surface area contributed by atoms with E-state index in [9.17, 15) is 28.9 Å². The number of aromatic hydroxyl groups is 2. The van der Waals surface area contributed by atoms with E-state index < -0.39 is 30.3 Å². The van der Waals surface area contributed by atoms with Gasteiger partial charge in [0.2, 0.25) is 0 Å². The fourth-order valence-electron chi connectivity index (χ4n) is 7.95. The van der Waals surface area contributed by atoms with E-state index >= 15 is 0 Å². The lowest BCUT2D eigenvalue weighted by Gasteiger charge is -2.24. The second kappa shape index (κ2) is 22.8. The molecule has 17 nitrogen and oxygen atoms in total. The third kappa shape index (κ3) is 12.4. The third-order valence-corrected chi connectivity index (χ3v) is 12.1. The van der Waals surface area contributed by atoms with E-state index in [4.69, 9.17) is 23.7 Å². The second-order valence-electron chi connectivity index (χ2n) is 15.7. The molecule has 6 aromatic rings. The molecule has 4 heterocycles. The summed E-state index contributed by atoms with van der Waals surface area (Å²) < 4.78 is 57.2. The normalized spacial score (nSPS) is 14.9. The summed E-state index contributed by atoms with van der Waals surface area (Å²) in [6.07, 6.45) is 1.46. The van der Waals surface area contributed by atoms with E-state index in [1.807, 2.05) is 0 Å². The summed E-state index contributed by atoms with van der Waals surface area (Å²) in [4.78, 5) is 31.4. The van der Waals surface area contributed by atoms with Crippen LogP contribution in [0, 0.1) is 12.2 Å². The van der Waals surface area contributed by atoms with Gasteiger partial charge in [-0.1, -0.05) is 24.3 Å². The van der Waals surface area contributed by atoms with Gasteiger partial charge in [0.05, 0.1) is 58.8 Å². The van der Waals surface area contributed by atoms with Crippen molar-refractivity contribution in [3.8, 4) is 34.5 Å². The van der Waals surface area contributed by atoms with Crippen LogP contribution < -0.4 is 29.6 Å². The van der Waals surface area contributed by atoms with Crippen molar-refractivity contribution in [1.82, 2.24) is 29.7 Å². The van der Waals surface area contributed by atoms with E-state index in [2.05, 4.69) is 72.2 Å². The van der Waals surface area contributed by atoms with E-state index in [0.29, 0.717) is 58.1 Å². The number of aliphatic hydroxyl groups excluding tert-OH is 1. The number of hydrogen-bond acceptors (Lipinski definition) is 17. The number of methoxy groups -OCH3 is 2. The molecule has 0 spiro atoms. The Morgan fingerprint density at radius 3 is 1.57 bits per heavy atom. The molecule has 0 saturated carbocycles. The topological polar surface area (TPSA) is 206 Å². The molecule has 2 saturated heterocycles. The van der Waals surface area contributed by atoms with E-state index in [-0.39, 0.29) is 56.5 Å². The molecule has 2 fully saturated rings. The number of phenols is 2. The number of aliphatic hydroxyl groups is 1. The minimum Gasteiger partial charge on any atom is -0.506 e. The average molecular weight is 1060 g/mol. The predicted molar refractivity (Wildman–Crippen MR) is 254 cm³/mol. The number of carbonyl (C=O) groups excluding carboxylic acids is 1. The Morgan fingerprint density at radius 1 is 0.701 bits per heavy atom. The lowest BCUT2D eigenvalue weighted by atomic mass is 10.1. The monoisotopic (exact) mass is 1050 g/mol. The summed E-state index contributed by atoms with van der Waals surface area (Å²) in [5.41, 5.74) is 2.09. The molecule has 356 valence electrons. The van der Waals surface area contributed by atoms with Crippen LogP contribution >= 0.6 is 31.9 Å². The minimum absolute atomic E-state index is 0.00807. The third-order valence-electron chi connectivity index (χ3n) is 10.9. The Kier molecular flexibility index (Phi) is 16.7. The van der Waals surface area contributed by atoms with E-state index in [1.54, 1.807) is 48.5 Å². The number of para-hydroxylation sites is 4. The molecular weight excluding hydrogens is 1010 g/mol. The van der Waals surface area contributed by atoms with Crippen molar-refractivity contribution in [2.45, 2.75) is 44.8 Å². The van der Waals surface area contributed by atoms with Gasteiger partial charge >= 0.3 is 18.1 Å². The Balaban J connectivity index is 0.000000200. The molecule has 0 aliphatic carbocycles. The van der Waals surface area contributed by atoms with Gasteiger partial charge in [0, 0.05) is 32.1 Å². The van der Waals surface area contributed by atoms with Gasteiger partial charge in [0.1, 0.15) is 46.1 Å². The lowest BCUT2D eigenvalue weighted by molar-refractivity contribution is -0.148. The van der Waals surface area contributed by atoms with E-state index in [1.165, 1.54) is 33.3 Å². The summed E-state index contributed by atoms with van der Waals surface area (Å²) in [6, 6.07) is 16.4. The number of esters is 1. The molecule has 67 heavy (non-hydrogen) atoms. The molecule has 8 rings (SSSR count). The van der Waals surface area contributed by atoms with Gasteiger partial charge in [-0.05, 0) is 108 Å². The van der Waals surface area contributed by atoms with Crippen LogP contribution in [0.1, 0.15) is 32.6 Å². The fraction of sp³-hybridized carbons (Fsp3) is 0.370. The maximum absolute atomic E-state index is 14.1. The fourth-order valence-corrected chi connectivity index (χ4v) is 9.05. The van der Waals surface area contributed by atoms with Crippen LogP contribution in [0.5, 0.6) is 34.5 Å². The quantitative estimate of drug-likeness (QED) is 0.0253. The van der Waals surface area contributed by atoms with Crippen molar-refractivity contribution in [2.24, 2.45) is 0 Å². The Hall–Kier alpha value is -5.87. The number of aromatic nitrogens is 4. The molecule has 2 aromatic heterocycles. The zero-order valence-corrected chi connectivity index (χ0v) is 40.1. The molecule has 2 atom stereocenters. The van der Waals surface area contributed by atoms with Gasteiger partial charge in [-0.3, -0.25) is 9.69 Å². The maximum atomic E-state index is 14.1. The van der Waals surface area contributed by atoms with Crippen LogP contribution in [0.3, 0.4) is 0 Å². The van der Waals surface area contributed by atoms with Crippen LogP contribution in [-0.4, -0.2) is 130 Å². The van der Waals surface area contributed by atoms with Crippen LogP contribution in [-0.2, 0) is 9.53 Å². The summed E-state index contributed by atoms with van der Waals surface area (Å²) >= 11 is 6.60. The first-order valence-corrected chi connectivity index (χ1v) is 23.0. The van der Waals surface area contributed by atoms with Gasteiger partial charge in [0.25, 0.3) is 0 Å². The number of nitrogens with one attached hydrogen (secondary N) is 2. The lowest BCUT2D eigenvalue weighted by Crippen LogP contribution is -2.37. The van der Waals surface area contributed by atoms with Gasteiger partial charge < -0.3 is 54.5 Å². The zero-order valence-electron chi connectivity index (χ0n) is 36.9. The minimum atomic E-state index is -0.916. The maximum Gasteiger partial charge on any atom is 0.310 e. The molecular formula is C46H50Br2F2N8O9. The number of fused-ring (bicyclic) bond motifs is 2.